The smallest absolute Gasteiger partial charge is 0.309 e. The summed E-state index contributed by atoms with van der Waals surface area (Å²) in [5, 5.41) is 0. The lowest BCUT2D eigenvalue weighted by Gasteiger charge is -2.15. The summed E-state index contributed by atoms with van der Waals surface area (Å²) in [7, 11) is 1.43. The van der Waals surface area contributed by atoms with Gasteiger partial charge >= 0.3 is 5.97 Å². The van der Waals surface area contributed by atoms with Crippen molar-refractivity contribution >= 4 is 11.5 Å². The standard InChI is InChI=1S/C24H27NO3/c1-27-24(26)16-18-10-11-23-22(15-18)21(9-6-14-25-12-4-5-13-25)20-8-3-2-7-19(20)17-28-23/h2-3,7-11,15H,4-6,12-14,16-17H2,1H3. The van der Waals surface area contributed by atoms with E-state index in [1.807, 2.05) is 12.1 Å². The molecule has 1 fully saturated rings. The van der Waals surface area contributed by atoms with Crippen molar-refractivity contribution < 1.29 is 14.3 Å². The lowest BCUT2D eigenvalue weighted by atomic mass is 9.92. The van der Waals surface area contributed by atoms with Crippen LogP contribution in [0.15, 0.2) is 48.5 Å². The first kappa shape index (κ1) is 18.8. The predicted molar refractivity (Wildman–Crippen MR) is 110 cm³/mol. The summed E-state index contributed by atoms with van der Waals surface area (Å²) in [5.74, 6) is 0.645. The van der Waals surface area contributed by atoms with Gasteiger partial charge in [0.1, 0.15) is 12.4 Å². The van der Waals surface area contributed by atoms with Crippen LogP contribution in [0.4, 0.5) is 0 Å². The topological polar surface area (TPSA) is 38.8 Å². The molecule has 2 aliphatic heterocycles. The van der Waals surface area contributed by atoms with Gasteiger partial charge in [-0.2, -0.15) is 0 Å². The third-order valence-electron chi connectivity index (χ3n) is 5.59. The molecule has 2 aromatic carbocycles. The first-order chi connectivity index (χ1) is 13.7. The molecular weight excluding hydrogens is 350 g/mol. The maximum absolute atomic E-state index is 11.7. The molecule has 0 N–H and O–H groups in total. The van der Waals surface area contributed by atoms with Crippen LogP contribution < -0.4 is 4.74 Å². The quantitative estimate of drug-likeness (QED) is 0.732. The van der Waals surface area contributed by atoms with Crippen molar-refractivity contribution in [3.05, 3.63) is 70.8 Å². The summed E-state index contributed by atoms with van der Waals surface area (Å²) in [5.41, 5.74) is 5.62. The number of methoxy groups -OCH3 is 1. The third-order valence-corrected chi connectivity index (χ3v) is 5.59. The summed E-state index contributed by atoms with van der Waals surface area (Å²) in [6, 6.07) is 14.4. The molecule has 146 valence electrons. The number of carbonyl (C=O) groups excluding carboxylic acids is 1. The summed E-state index contributed by atoms with van der Waals surface area (Å²) in [4.78, 5) is 14.3. The van der Waals surface area contributed by atoms with Gasteiger partial charge in [0.2, 0.25) is 0 Å². The normalized spacial score (nSPS) is 17.5. The Labute approximate surface area is 166 Å². The molecule has 1 saturated heterocycles. The van der Waals surface area contributed by atoms with Crippen LogP contribution in [0.3, 0.4) is 0 Å². The van der Waals surface area contributed by atoms with Crippen molar-refractivity contribution in [1.29, 1.82) is 0 Å². The van der Waals surface area contributed by atoms with Crippen LogP contribution >= 0.6 is 0 Å². The Morgan fingerprint density at radius 2 is 1.96 bits per heavy atom. The zero-order valence-electron chi connectivity index (χ0n) is 16.4. The fourth-order valence-corrected chi connectivity index (χ4v) is 4.09. The first-order valence-electron chi connectivity index (χ1n) is 10.1. The van der Waals surface area contributed by atoms with E-state index >= 15 is 0 Å². The van der Waals surface area contributed by atoms with E-state index in [1.165, 1.54) is 49.7 Å². The molecule has 2 heterocycles. The van der Waals surface area contributed by atoms with E-state index in [0.29, 0.717) is 6.61 Å². The summed E-state index contributed by atoms with van der Waals surface area (Å²) < 4.78 is 10.9. The van der Waals surface area contributed by atoms with Crippen LogP contribution in [-0.2, 0) is 22.6 Å². The van der Waals surface area contributed by atoms with Gasteiger partial charge in [0.05, 0.1) is 13.5 Å². The van der Waals surface area contributed by atoms with Gasteiger partial charge in [0.15, 0.2) is 0 Å². The Morgan fingerprint density at radius 3 is 2.79 bits per heavy atom. The zero-order chi connectivity index (χ0) is 19.3. The second-order valence-corrected chi connectivity index (χ2v) is 7.48. The van der Waals surface area contributed by atoms with Crippen molar-refractivity contribution in [3.63, 3.8) is 0 Å². The van der Waals surface area contributed by atoms with E-state index in [4.69, 9.17) is 9.47 Å². The van der Waals surface area contributed by atoms with Gasteiger partial charge < -0.3 is 14.4 Å². The lowest BCUT2D eigenvalue weighted by Crippen LogP contribution is -2.19. The summed E-state index contributed by atoms with van der Waals surface area (Å²) in [6.07, 6.45) is 6.24. The van der Waals surface area contributed by atoms with Gasteiger partial charge in [0.25, 0.3) is 0 Å². The number of ether oxygens (including phenoxy) is 2. The number of benzene rings is 2. The van der Waals surface area contributed by atoms with Crippen molar-refractivity contribution in [2.24, 2.45) is 0 Å². The molecule has 0 saturated carbocycles. The predicted octanol–water partition coefficient (Wildman–Crippen LogP) is 4.21. The average molecular weight is 377 g/mol. The molecule has 2 aliphatic rings. The molecule has 0 bridgehead atoms. The average Bonchev–Trinajstić information content (AvgIpc) is 3.19. The van der Waals surface area contributed by atoms with Gasteiger partial charge in [-0.1, -0.05) is 36.4 Å². The number of esters is 1. The van der Waals surface area contributed by atoms with Crippen LogP contribution in [0.1, 0.15) is 41.5 Å². The van der Waals surface area contributed by atoms with Gasteiger partial charge in [-0.25, -0.2) is 0 Å². The minimum absolute atomic E-state index is 0.227. The second-order valence-electron chi connectivity index (χ2n) is 7.48. The summed E-state index contributed by atoms with van der Waals surface area (Å²) in [6.45, 7) is 4.07. The maximum Gasteiger partial charge on any atom is 0.309 e. The molecular formula is C24H27NO3. The van der Waals surface area contributed by atoms with E-state index < -0.39 is 0 Å². The monoisotopic (exact) mass is 377 g/mol. The van der Waals surface area contributed by atoms with Crippen LogP contribution in [-0.4, -0.2) is 37.6 Å². The van der Waals surface area contributed by atoms with E-state index in [1.54, 1.807) is 0 Å². The summed E-state index contributed by atoms with van der Waals surface area (Å²) >= 11 is 0. The Bertz CT molecular complexity index is 881. The van der Waals surface area contributed by atoms with Crippen LogP contribution in [0.5, 0.6) is 5.75 Å². The minimum Gasteiger partial charge on any atom is -0.488 e. The van der Waals surface area contributed by atoms with Crippen LogP contribution in [0, 0.1) is 0 Å². The molecule has 0 radical (unpaired) electrons. The van der Waals surface area contributed by atoms with Crippen molar-refractivity contribution in [2.75, 3.05) is 26.7 Å². The highest BCUT2D eigenvalue weighted by atomic mass is 16.5. The van der Waals surface area contributed by atoms with E-state index in [-0.39, 0.29) is 12.4 Å². The van der Waals surface area contributed by atoms with Gasteiger partial charge in [0, 0.05) is 12.1 Å². The number of likely N-dealkylation sites (tertiary alicyclic amines) is 1. The first-order valence-corrected chi connectivity index (χ1v) is 10.1. The van der Waals surface area contributed by atoms with Gasteiger partial charge in [-0.05, 0) is 66.7 Å². The number of carbonyl (C=O) groups is 1. The fourth-order valence-electron chi connectivity index (χ4n) is 4.09. The number of nitrogens with zero attached hydrogens (tertiary/aromatic N) is 1. The van der Waals surface area contributed by atoms with E-state index in [2.05, 4.69) is 41.3 Å². The Balaban J connectivity index is 1.69. The molecule has 0 amide bonds. The molecule has 4 rings (SSSR count). The minimum atomic E-state index is -0.227. The number of rotatable bonds is 5. The van der Waals surface area contributed by atoms with E-state index in [9.17, 15) is 4.79 Å². The highest BCUT2D eigenvalue weighted by Crippen LogP contribution is 2.37. The Kier molecular flexibility index (Phi) is 5.77. The number of hydrogen-bond acceptors (Lipinski definition) is 4. The fraction of sp³-hybridized carbons (Fsp3) is 0.375. The highest BCUT2D eigenvalue weighted by molar-refractivity contribution is 5.85. The Morgan fingerprint density at radius 1 is 1.14 bits per heavy atom. The molecule has 28 heavy (non-hydrogen) atoms. The molecule has 0 aliphatic carbocycles. The van der Waals surface area contributed by atoms with Gasteiger partial charge in [-0.15, -0.1) is 0 Å². The zero-order valence-corrected chi connectivity index (χ0v) is 16.4. The molecule has 2 aromatic rings. The van der Waals surface area contributed by atoms with Gasteiger partial charge in [-0.3, -0.25) is 4.79 Å². The number of fused-ring (bicyclic) bond motifs is 2. The molecule has 4 nitrogen and oxygen atoms in total. The molecule has 0 aromatic heterocycles. The molecule has 0 unspecified atom stereocenters. The Hall–Kier alpha value is -2.59. The van der Waals surface area contributed by atoms with Crippen LogP contribution in [0.25, 0.3) is 5.57 Å². The van der Waals surface area contributed by atoms with Crippen molar-refractivity contribution in [2.45, 2.75) is 32.3 Å². The SMILES string of the molecule is COC(=O)Cc1ccc2c(c1)C(=CCCN1CCCC1)c1ccccc1CO2. The third kappa shape index (κ3) is 4.12. The highest BCUT2D eigenvalue weighted by Gasteiger charge is 2.20. The largest absolute Gasteiger partial charge is 0.488 e. The van der Waals surface area contributed by atoms with Crippen molar-refractivity contribution in [1.82, 2.24) is 4.90 Å². The molecule has 4 heteroatoms. The maximum atomic E-state index is 11.7. The second kappa shape index (κ2) is 8.61. The molecule has 0 spiro atoms. The van der Waals surface area contributed by atoms with E-state index in [0.717, 1.165) is 29.8 Å². The van der Waals surface area contributed by atoms with Crippen LogP contribution in [0.2, 0.25) is 0 Å². The molecule has 0 atom stereocenters. The number of hydrogen-bond donors (Lipinski definition) is 0. The lowest BCUT2D eigenvalue weighted by molar-refractivity contribution is -0.139. The van der Waals surface area contributed by atoms with Crippen molar-refractivity contribution in [3.8, 4) is 5.75 Å².